The lowest BCUT2D eigenvalue weighted by atomic mass is 9.95. The molecule has 0 saturated heterocycles. The molecule has 0 saturated carbocycles. The molecular formula is C20H16O3. The summed E-state index contributed by atoms with van der Waals surface area (Å²) in [6.07, 6.45) is 1.74. The van der Waals surface area contributed by atoms with Gasteiger partial charge in [-0.2, -0.15) is 0 Å². The van der Waals surface area contributed by atoms with Gasteiger partial charge >= 0.3 is 5.63 Å². The molecule has 2 aromatic carbocycles. The molecule has 0 aliphatic heterocycles. The third kappa shape index (κ3) is 2.00. The third-order valence-corrected chi connectivity index (χ3v) is 4.43. The Hall–Kier alpha value is -2.81. The third-order valence-electron chi connectivity index (χ3n) is 4.43. The van der Waals surface area contributed by atoms with Gasteiger partial charge in [0, 0.05) is 28.0 Å². The van der Waals surface area contributed by atoms with Crippen molar-refractivity contribution in [3.63, 3.8) is 0 Å². The standard InChI is InChI=1S/C20H16O3/c1-11-6-4-5-7-14(11)16-9-18(21)23-20-13(3)19-15(8-17(16)20)12(2)10-22-19/h4-10H,1-3H3. The van der Waals surface area contributed by atoms with Crippen molar-refractivity contribution >= 4 is 21.9 Å². The lowest BCUT2D eigenvalue weighted by Gasteiger charge is -2.10. The molecular weight excluding hydrogens is 288 g/mol. The van der Waals surface area contributed by atoms with Crippen LogP contribution >= 0.6 is 0 Å². The van der Waals surface area contributed by atoms with E-state index in [1.807, 2.05) is 45.0 Å². The summed E-state index contributed by atoms with van der Waals surface area (Å²) in [6.45, 7) is 5.99. The normalized spacial score (nSPS) is 11.4. The molecule has 0 atom stereocenters. The van der Waals surface area contributed by atoms with Crippen LogP contribution in [0, 0.1) is 20.8 Å². The Balaban J connectivity index is 2.22. The lowest BCUT2D eigenvalue weighted by Crippen LogP contribution is -2.00. The van der Waals surface area contributed by atoms with Crippen LogP contribution in [0.3, 0.4) is 0 Å². The minimum atomic E-state index is -0.346. The Morgan fingerprint density at radius 2 is 1.61 bits per heavy atom. The molecule has 0 spiro atoms. The second kappa shape index (κ2) is 4.85. The van der Waals surface area contributed by atoms with Gasteiger partial charge in [-0.15, -0.1) is 0 Å². The predicted octanol–water partition coefficient (Wildman–Crippen LogP) is 5.13. The molecule has 0 radical (unpaired) electrons. The zero-order chi connectivity index (χ0) is 16.1. The number of furan rings is 1. The maximum absolute atomic E-state index is 12.1. The van der Waals surface area contributed by atoms with Gasteiger partial charge in [-0.3, -0.25) is 0 Å². The van der Waals surface area contributed by atoms with E-state index in [4.69, 9.17) is 8.83 Å². The van der Waals surface area contributed by atoms with Crippen LogP contribution < -0.4 is 5.63 Å². The van der Waals surface area contributed by atoms with Crippen molar-refractivity contribution in [1.82, 2.24) is 0 Å². The van der Waals surface area contributed by atoms with Crippen molar-refractivity contribution in [3.8, 4) is 11.1 Å². The molecule has 0 N–H and O–H groups in total. The van der Waals surface area contributed by atoms with E-state index in [-0.39, 0.29) is 5.63 Å². The first-order chi connectivity index (χ1) is 11.1. The second-order valence-electron chi connectivity index (χ2n) is 5.97. The Morgan fingerprint density at radius 3 is 2.39 bits per heavy atom. The van der Waals surface area contributed by atoms with E-state index in [0.29, 0.717) is 5.58 Å². The van der Waals surface area contributed by atoms with Crippen molar-refractivity contribution in [2.24, 2.45) is 0 Å². The minimum absolute atomic E-state index is 0.346. The summed E-state index contributed by atoms with van der Waals surface area (Å²) in [7, 11) is 0. The Morgan fingerprint density at radius 1 is 0.826 bits per heavy atom. The average molecular weight is 304 g/mol. The van der Waals surface area contributed by atoms with E-state index >= 15 is 0 Å². The molecule has 3 heteroatoms. The molecule has 0 bridgehead atoms. The molecule has 0 aliphatic carbocycles. The number of fused-ring (bicyclic) bond motifs is 2. The van der Waals surface area contributed by atoms with Crippen LogP contribution in [0.15, 0.2) is 56.3 Å². The van der Waals surface area contributed by atoms with Crippen LogP contribution in [0.5, 0.6) is 0 Å². The van der Waals surface area contributed by atoms with Gasteiger partial charge in [0.05, 0.1) is 6.26 Å². The molecule has 4 rings (SSSR count). The average Bonchev–Trinajstić information content (AvgIpc) is 2.90. The summed E-state index contributed by atoms with van der Waals surface area (Å²) >= 11 is 0. The zero-order valence-electron chi connectivity index (χ0n) is 13.3. The van der Waals surface area contributed by atoms with Gasteiger partial charge < -0.3 is 8.83 Å². The fourth-order valence-electron chi connectivity index (χ4n) is 3.19. The SMILES string of the molecule is Cc1ccccc1-c1cc(=O)oc2c(C)c3occ(C)c3cc12. The van der Waals surface area contributed by atoms with Gasteiger partial charge in [0.1, 0.15) is 11.2 Å². The minimum Gasteiger partial charge on any atom is -0.464 e. The molecule has 2 heterocycles. The Kier molecular flexibility index (Phi) is 2.91. The van der Waals surface area contributed by atoms with Crippen LogP contribution in [0.1, 0.15) is 16.7 Å². The van der Waals surface area contributed by atoms with E-state index in [0.717, 1.165) is 44.2 Å². The summed E-state index contributed by atoms with van der Waals surface area (Å²) < 4.78 is 11.1. The summed E-state index contributed by atoms with van der Waals surface area (Å²) in [6, 6.07) is 11.7. The fraction of sp³-hybridized carbons (Fsp3) is 0.150. The molecule has 0 unspecified atom stereocenters. The van der Waals surface area contributed by atoms with Crippen LogP contribution in [0.2, 0.25) is 0 Å². The van der Waals surface area contributed by atoms with Gasteiger partial charge in [0.2, 0.25) is 0 Å². The molecule has 4 aromatic rings. The van der Waals surface area contributed by atoms with Crippen LogP contribution in [0.4, 0.5) is 0 Å². The van der Waals surface area contributed by atoms with Crippen molar-refractivity contribution in [2.75, 3.05) is 0 Å². The van der Waals surface area contributed by atoms with Gasteiger partial charge in [0.25, 0.3) is 0 Å². The highest BCUT2D eigenvalue weighted by Gasteiger charge is 2.16. The first-order valence-corrected chi connectivity index (χ1v) is 7.57. The lowest BCUT2D eigenvalue weighted by molar-refractivity contribution is 0.556. The van der Waals surface area contributed by atoms with Crippen molar-refractivity contribution in [3.05, 3.63) is 69.8 Å². The van der Waals surface area contributed by atoms with Crippen LogP contribution in [-0.4, -0.2) is 0 Å². The summed E-state index contributed by atoms with van der Waals surface area (Å²) in [5.74, 6) is 0. The summed E-state index contributed by atoms with van der Waals surface area (Å²) in [5, 5.41) is 1.99. The molecule has 3 nitrogen and oxygen atoms in total. The maximum Gasteiger partial charge on any atom is 0.336 e. The van der Waals surface area contributed by atoms with E-state index in [1.54, 1.807) is 12.3 Å². The summed E-state index contributed by atoms with van der Waals surface area (Å²) in [4.78, 5) is 12.1. The largest absolute Gasteiger partial charge is 0.464 e. The van der Waals surface area contributed by atoms with Gasteiger partial charge in [0.15, 0.2) is 0 Å². The summed E-state index contributed by atoms with van der Waals surface area (Å²) in [5.41, 5.74) is 6.04. The Labute approximate surface area is 133 Å². The number of hydrogen-bond acceptors (Lipinski definition) is 3. The first-order valence-electron chi connectivity index (χ1n) is 7.57. The van der Waals surface area contributed by atoms with Crippen LogP contribution in [-0.2, 0) is 0 Å². The molecule has 2 aromatic heterocycles. The highest BCUT2D eigenvalue weighted by Crippen LogP contribution is 2.36. The van der Waals surface area contributed by atoms with Gasteiger partial charge in [-0.25, -0.2) is 4.79 Å². The van der Waals surface area contributed by atoms with E-state index in [1.165, 1.54) is 0 Å². The van der Waals surface area contributed by atoms with Gasteiger partial charge in [-0.1, -0.05) is 24.3 Å². The maximum atomic E-state index is 12.1. The number of rotatable bonds is 1. The number of hydrogen-bond donors (Lipinski definition) is 0. The molecule has 114 valence electrons. The van der Waals surface area contributed by atoms with Crippen molar-refractivity contribution in [1.29, 1.82) is 0 Å². The molecule has 0 aliphatic rings. The van der Waals surface area contributed by atoms with Crippen molar-refractivity contribution in [2.45, 2.75) is 20.8 Å². The molecule has 23 heavy (non-hydrogen) atoms. The molecule has 0 amide bonds. The van der Waals surface area contributed by atoms with Gasteiger partial charge in [-0.05, 0) is 43.5 Å². The van der Waals surface area contributed by atoms with Crippen molar-refractivity contribution < 1.29 is 8.83 Å². The number of benzene rings is 2. The van der Waals surface area contributed by atoms with E-state index < -0.39 is 0 Å². The zero-order valence-corrected chi connectivity index (χ0v) is 13.3. The highest BCUT2D eigenvalue weighted by atomic mass is 16.4. The monoisotopic (exact) mass is 304 g/mol. The highest BCUT2D eigenvalue weighted by molar-refractivity contribution is 6.04. The Bertz CT molecular complexity index is 1110. The van der Waals surface area contributed by atoms with Crippen LogP contribution in [0.25, 0.3) is 33.1 Å². The first kappa shape index (κ1) is 13.8. The number of aryl methyl sites for hydroxylation is 3. The fourth-order valence-corrected chi connectivity index (χ4v) is 3.19. The molecule has 0 fully saturated rings. The van der Waals surface area contributed by atoms with E-state index in [9.17, 15) is 4.79 Å². The quantitative estimate of drug-likeness (QED) is 0.458. The topological polar surface area (TPSA) is 43.4 Å². The smallest absolute Gasteiger partial charge is 0.336 e. The second-order valence-corrected chi connectivity index (χ2v) is 5.97. The predicted molar refractivity (Wildman–Crippen MR) is 91.9 cm³/mol. The van der Waals surface area contributed by atoms with E-state index in [2.05, 4.69) is 6.07 Å².